The van der Waals surface area contributed by atoms with Crippen molar-refractivity contribution in [3.63, 3.8) is 0 Å². The Labute approximate surface area is 73.1 Å². The van der Waals surface area contributed by atoms with Crippen molar-refractivity contribution < 1.29 is 19.7 Å². The third-order valence-corrected chi connectivity index (χ3v) is 1.29. The Morgan fingerprint density at radius 3 is 2.17 bits per heavy atom. The van der Waals surface area contributed by atoms with Crippen molar-refractivity contribution in [1.29, 1.82) is 0 Å². The van der Waals surface area contributed by atoms with E-state index in [1.807, 2.05) is 0 Å². The summed E-state index contributed by atoms with van der Waals surface area (Å²) in [5.74, 6) is 0. The molecule has 0 saturated carbocycles. The number of rotatable bonds is 8. The molecule has 12 heavy (non-hydrogen) atoms. The summed E-state index contributed by atoms with van der Waals surface area (Å²) >= 11 is 0. The molecule has 1 unspecified atom stereocenters. The number of aliphatic hydroxyl groups excluding tert-OH is 2. The Hall–Kier alpha value is -0.160. The predicted molar refractivity (Wildman–Crippen MR) is 45.0 cm³/mol. The maximum atomic E-state index is 8.85. The molecule has 0 aliphatic rings. The first-order valence-corrected chi connectivity index (χ1v) is 4.21. The zero-order valence-electron chi connectivity index (χ0n) is 7.53. The van der Waals surface area contributed by atoms with Crippen LogP contribution >= 0.6 is 0 Å². The first kappa shape index (κ1) is 11.8. The highest BCUT2D eigenvalue weighted by Crippen LogP contribution is 1.89. The number of hydrogen-bond donors (Lipinski definition) is 2. The molecule has 1 atom stereocenters. The molecule has 0 fully saturated rings. The normalized spacial score (nSPS) is 13.2. The number of ether oxygens (including phenoxy) is 2. The summed E-state index contributed by atoms with van der Waals surface area (Å²) in [6.07, 6.45) is 0.350. The first-order valence-electron chi connectivity index (χ1n) is 4.21. The summed E-state index contributed by atoms with van der Waals surface area (Å²) in [4.78, 5) is 0. The molecule has 4 nitrogen and oxygen atoms in total. The molecule has 0 aromatic rings. The van der Waals surface area contributed by atoms with Crippen LogP contribution in [0.3, 0.4) is 0 Å². The highest BCUT2D eigenvalue weighted by atomic mass is 16.5. The zero-order valence-corrected chi connectivity index (χ0v) is 7.53. The average molecular weight is 178 g/mol. The minimum atomic E-state index is -0.302. The summed E-state index contributed by atoms with van der Waals surface area (Å²) in [5.41, 5.74) is 0. The van der Waals surface area contributed by atoms with Crippen molar-refractivity contribution in [3.8, 4) is 0 Å². The van der Waals surface area contributed by atoms with Crippen molar-refractivity contribution in [3.05, 3.63) is 0 Å². The molecule has 0 bridgehead atoms. The summed E-state index contributed by atoms with van der Waals surface area (Å²) in [6, 6.07) is 0. The van der Waals surface area contributed by atoms with Crippen molar-refractivity contribution in [2.45, 2.75) is 19.4 Å². The van der Waals surface area contributed by atoms with E-state index >= 15 is 0 Å². The van der Waals surface area contributed by atoms with E-state index in [0.29, 0.717) is 32.8 Å². The molecular formula is C8H18O4. The smallest absolute Gasteiger partial charge is 0.0701 e. The van der Waals surface area contributed by atoms with Crippen LogP contribution in [0.1, 0.15) is 13.3 Å². The highest BCUT2D eigenvalue weighted by molar-refractivity contribution is 4.43. The molecule has 4 heteroatoms. The van der Waals surface area contributed by atoms with E-state index in [0.717, 1.165) is 0 Å². The molecule has 0 amide bonds. The molecule has 0 aliphatic heterocycles. The highest BCUT2D eigenvalue weighted by Gasteiger charge is 1.94. The minimum absolute atomic E-state index is 0.0493. The van der Waals surface area contributed by atoms with Gasteiger partial charge in [0.1, 0.15) is 0 Å². The Kier molecular flexibility index (Phi) is 8.81. The lowest BCUT2D eigenvalue weighted by atomic mass is 10.3. The quantitative estimate of drug-likeness (QED) is 0.505. The van der Waals surface area contributed by atoms with Crippen LogP contribution in [0.25, 0.3) is 0 Å². The van der Waals surface area contributed by atoms with E-state index in [1.54, 1.807) is 6.92 Å². The molecule has 0 spiro atoms. The Morgan fingerprint density at radius 2 is 1.67 bits per heavy atom. The lowest BCUT2D eigenvalue weighted by Gasteiger charge is -2.05. The van der Waals surface area contributed by atoms with Crippen LogP contribution in [0.5, 0.6) is 0 Å². The maximum Gasteiger partial charge on any atom is 0.0701 e. The van der Waals surface area contributed by atoms with E-state index in [4.69, 9.17) is 19.7 Å². The van der Waals surface area contributed by atoms with Crippen molar-refractivity contribution in [2.75, 3.05) is 33.0 Å². The fourth-order valence-corrected chi connectivity index (χ4v) is 0.640. The molecule has 0 rings (SSSR count). The summed E-state index contributed by atoms with van der Waals surface area (Å²) in [7, 11) is 0. The number of hydrogen-bond acceptors (Lipinski definition) is 4. The van der Waals surface area contributed by atoms with Gasteiger partial charge in [-0.3, -0.25) is 0 Å². The molecule has 74 valence electrons. The summed E-state index contributed by atoms with van der Waals surface area (Å²) in [5, 5.41) is 17.2. The Bertz CT molecular complexity index is 85.1. The standard InChI is InChI=1S/C8H18O4/c1-8(10)2-4-11-6-7-12-5-3-9/h8-10H,2-7H2,1H3. The van der Waals surface area contributed by atoms with E-state index in [1.165, 1.54) is 0 Å². The van der Waals surface area contributed by atoms with Crippen LogP contribution in [0, 0.1) is 0 Å². The van der Waals surface area contributed by atoms with Gasteiger partial charge in [0.05, 0.1) is 32.5 Å². The first-order chi connectivity index (χ1) is 5.77. The second-order valence-corrected chi connectivity index (χ2v) is 2.59. The van der Waals surface area contributed by atoms with Gasteiger partial charge in [-0.1, -0.05) is 0 Å². The van der Waals surface area contributed by atoms with Gasteiger partial charge in [-0.15, -0.1) is 0 Å². The molecule has 0 radical (unpaired) electrons. The molecule has 0 heterocycles. The topological polar surface area (TPSA) is 58.9 Å². The van der Waals surface area contributed by atoms with Gasteiger partial charge in [0.2, 0.25) is 0 Å². The summed E-state index contributed by atoms with van der Waals surface area (Å²) in [6.45, 7) is 3.71. The van der Waals surface area contributed by atoms with E-state index < -0.39 is 0 Å². The predicted octanol–water partition coefficient (Wildman–Crippen LogP) is -0.217. The average Bonchev–Trinajstić information content (AvgIpc) is 2.02. The minimum Gasteiger partial charge on any atom is -0.394 e. The fraction of sp³-hybridized carbons (Fsp3) is 1.00. The lowest BCUT2D eigenvalue weighted by molar-refractivity contribution is 0.0238. The number of aliphatic hydroxyl groups is 2. The lowest BCUT2D eigenvalue weighted by Crippen LogP contribution is -2.10. The van der Waals surface area contributed by atoms with Gasteiger partial charge in [0.25, 0.3) is 0 Å². The molecule has 0 aliphatic carbocycles. The van der Waals surface area contributed by atoms with Crippen LogP contribution < -0.4 is 0 Å². The van der Waals surface area contributed by atoms with Gasteiger partial charge in [0.15, 0.2) is 0 Å². The zero-order chi connectivity index (χ0) is 9.23. The van der Waals surface area contributed by atoms with Crippen molar-refractivity contribution in [2.24, 2.45) is 0 Å². The molecule has 2 N–H and O–H groups in total. The fourth-order valence-electron chi connectivity index (χ4n) is 0.640. The van der Waals surface area contributed by atoms with Gasteiger partial charge < -0.3 is 19.7 Å². The van der Waals surface area contributed by atoms with Gasteiger partial charge in [0, 0.05) is 6.61 Å². The Morgan fingerprint density at radius 1 is 1.08 bits per heavy atom. The van der Waals surface area contributed by atoms with Crippen molar-refractivity contribution >= 4 is 0 Å². The van der Waals surface area contributed by atoms with Crippen LogP contribution in [-0.4, -0.2) is 49.4 Å². The largest absolute Gasteiger partial charge is 0.394 e. The van der Waals surface area contributed by atoms with Crippen LogP contribution in [0.2, 0.25) is 0 Å². The third-order valence-electron chi connectivity index (χ3n) is 1.29. The van der Waals surface area contributed by atoms with Crippen molar-refractivity contribution in [1.82, 2.24) is 0 Å². The molecular weight excluding hydrogens is 160 g/mol. The van der Waals surface area contributed by atoms with Crippen LogP contribution in [0.15, 0.2) is 0 Å². The van der Waals surface area contributed by atoms with Gasteiger partial charge in [-0.05, 0) is 13.3 Å². The molecule has 0 aromatic carbocycles. The maximum absolute atomic E-state index is 8.85. The van der Waals surface area contributed by atoms with Crippen LogP contribution in [-0.2, 0) is 9.47 Å². The van der Waals surface area contributed by atoms with E-state index in [2.05, 4.69) is 0 Å². The molecule has 0 aromatic heterocycles. The molecule has 0 saturated heterocycles. The third kappa shape index (κ3) is 9.84. The SMILES string of the molecule is CC(O)CCOCCOCCO. The van der Waals surface area contributed by atoms with E-state index in [9.17, 15) is 0 Å². The van der Waals surface area contributed by atoms with Crippen LogP contribution in [0.4, 0.5) is 0 Å². The monoisotopic (exact) mass is 178 g/mol. The van der Waals surface area contributed by atoms with E-state index in [-0.39, 0.29) is 12.7 Å². The summed E-state index contributed by atoms with van der Waals surface area (Å²) < 4.78 is 10.1. The van der Waals surface area contributed by atoms with Gasteiger partial charge in [-0.2, -0.15) is 0 Å². The van der Waals surface area contributed by atoms with Gasteiger partial charge >= 0.3 is 0 Å². The second-order valence-electron chi connectivity index (χ2n) is 2.59. The Balaban J connectivity index is 2.82. The second kappa shape index (κ2) is 8.93. The van der Waals surface area contributed by atoms with Gasteiger partial charge in [-0.25, -0.2) is 0 Å².